The van der Waals surface area contributed by atoms with E-state index in [-0.39, 0.29) is 11.9 Å². The highest BCUT2D eigenvalue weighted by Gasteiger charge is 2.21. The average molecular weight is 413 g/mol. The van der Waals surface area contributed by atoms with Crippen molar-refractivity contribution in [3.05, 3.63) is 0 Å². The predicted molar refractivity (Wildman–Crippen MR) is 111 cm³/mol. The van der Waals surface area contributed by atoms with E-state index in [4.69, 9.17) is 20.2 Å². The summed E-state index contributed by atoms with van der Waals surface area (Å²) in [5.41, 5.74) is 0. The first-order valence-electron chi connectivity index (χ1n) is 10.6. The Balaban J connectivity index is 3.96. The van der Waals surface area contributed by atoms with Gasteiger partial charge in [-0.05, 0) is 19.8 Å². The van der Waals surface area contributed by atoms with Crippen molar-refractivity contribution in [1.82, 2.24) is 0 Å². The van der Waals surface area contributed by atoms with Crippen LogP contribution < -0.4 is 0 Å². The first kappa shape index (κ1) is 26.2. The molecule has 0 aliphatic carbocycles. The first-order chi connectivity index (χ1) is 12.4. The summed E-state index contributed by atoms with van der Waals surface area (Å²) in [7, 11) is 1.72. The number of hydrogen-bond acceptors (Lipinski definition) is 4. The second-order valence-corrected chi connectivity index (χ2v) is 9.93. The molecule has 158 valence electrons. The van der Waals surface area contributed by atoms with Gasteiger partial charge in [0, 0.05) is 17.3 Å². The summed E-state index contributed by atoms with van der Waals surface area (Å²) in [6.07, 6.45) is 15.2. The zero-order chi connectivity index (χ0) is 19.7. The van der Waals surface area contributed by atoms with E-state index < -0.39 is 15.3 Å². The van der Waals surface area contributed by atoms with Crippen LogP contribution in [0.2, 0.25) is 0 Å². The van der Waals surface area contributed by atoms with Gasteiger partial charge in [-0.25, -0.2) is 8.42 Å². The smallest absolute Gasteiger partial charge is 0.237 e. The highest BCUT2D eigenvalue weighted by atomic mass is 35.7. The van der Waals surface area contributed by atoms with Gasteiger partial charge in [-0.2, -0.15) is 0 Å². The Morgan fingerprint density at radius 1 is 0.769 bits per heavy atom. The summed E-state index contributed by atoms with van der Waals surface area (Å²) in [6, 6.07) is 0. The first-order valence-corrected chi connectivity index (χ1v) is 13.1. The third kappa shape index (κ3) is 17.6. The van der Waals surface area contributed by atoms with Crippen LogP contribution in [0.15, 0.2) is 0 Å². The van der Waals surface area contributed by atoms with Crippen LogP contribution in [0.25, 0.3) is 0 Å². The van der Waals surface area contributed by atoms with Gasteiger partial charge in [0.1, 0.15) is 5.75 Å². The zero-order valence-corrected chi connectivity index (χ0v) is 18.8. The minimum absolute atomic E-state index is 0.0454. The highest BCUT2D eigenvalue weighted by Crippen LogP contribution is 2.18. The molecule has 0 rings (SSSR count). The molecule has 0 heterocycles. The van der Waals surface area contributed by atoms with Gasteiger partial charge in [-0.1, -0.05) is 84.5 Å². The molecule has 0 saturated heterocycles. The Kier molecular flexibility index (Phi) is 17.4. The third-order valence-corrected chi connectivity index (χ3v) is 5.57. The summed E-state index contributed by atoms with van der Waals surface area (Å²) in [5.74, 6) is -0.291. The van der Waals surface area contributed by atoms with Crippen molar-refractivity contribution in [2.75, 3.05) is 12.4 Å². The molecule has 0 amide bonds. The van der Waals surface area contributed by atoms with E-state index >= 15 is 0 Å². The van der Waals surface area contributed by atoms with Crippen LogP contribution in [-0.2, 0) is 18.5 Å². The molecule has 0 aliphatic heterocycles. The van der Waals surface area contributed by atoms with Crippen molar-refractivity contribution in [3.63, 3.8) is 0 Å². The van der Waals surface area contributed by atoms with E-state index in [1.807, 2.05) is 6.92 Å². The Bertz CT molecular complexity index is 401. The molecular formula is C20H41ClO4S. The van der Waals surface area contributed by atoms with E-state index in [0.717, 1.165) is 25.7 Å². The Labute approximate surface area is 166 Å². The molecule has 0 N–H and O–H groups in total. The topological polar surface area (TPSA) is 52.6 Å². The summed E-state index contributed by atoms with van der Waals surface area (Å²) in [4.78, 5) is 0. The van der Waals surface area contributed by atoms with Gasteiger partial charge in [0.25, 0.3) is 0 Å². The molecule has 0 aromatic heterocycles. The summed E-state index contributed by atoms with van der Waals surface area (Å²) in [5, 5.41) is 0. The molecule has 0 aliphatic rings. The Hall–Kier alpha value is 0.160. The van der Waals surface area contributed by atoms with E-state index in [1.54, 1.807) is 0 Å². The minimum Gasteiger partial charge on any atom is -0.352 e. The van der Waals surface area contributed by atoms with Crippen molar-refractivity contribution < 1.29 is 17.9 Å². The van der Waals surface area contributed by atoms with Crippen molar-refractivity contribution in [3.8, 4) is 0 Å². The van der Waals surface area contributed by atoms with Crippen molar-refractivity contribution in [2.45, 2.75) is 117 Å². The van der Waals surface area contributed by atoms with Crippen molar-refractivity contribution >= 4 is 19.7 Å². The molecular weight excluding hydrogens is 372 g/mol. The largest absolute Gasteiger partial charge is 0.352 e. The number of ether oxygens (including phenoxy) is 2. The maximum Gasteiger partial charge on any atom is 0.237 e. The van der Waals surface area contributed by atoms with Gasteiger partial charge < -0.3 is 9.47 Å². The van der Waals surface area contributed by atoms with Crippen LogP contribution in [0.1, 0.15) is 104 Å². The lowest BCUT2D eigenvalue weighted by atomic mass is 10.0. The lowest BCUT2D eigenvalue weighted by molar-refractivity contribution is -0.158. The Morgan fingerprint density at radius 3 is 1.77 bits per heavy atom. The summed E-state index contributed by atoms with van der Waals surface area (Å²) < 4.78 is 33.9. The van der Waals surface area contributed by atoms with E-state index in [1.165, 1.54) is 57.8 Å². The van der Waals surface area contributed by atoms with Crippen LogP contribution in [0, 0.1) is 0 Å². The van der Waals surface area contributed by atoms with Crippen LogP contribution in [0.3, 0.4) is 0 Å². The van der Waals surface area contributed by atoms with Crippen molar-refractivity contribution in [2.24, 2.45) is 0 Å². The quantitative estimate of drug-likeness (QED) is 0.139. The fourth-order valence-corrected chi connectivity index (χ4v) is 3.96. The average Bonchev–Trinajstić information content (AvgIpc) is 2.55. The van der Waals surface area contributed by atoms with Gasteiger partial charge in [0.2, 0.25) is 9.05 Å². The number of rotatable bonds is 19. The normalized spacial score (nSPS) is 14.5. The molecule has 0 saturated carbocycles. The maximum absolute atomic E-state index is 11.3. The molecule has 26 heavy (non-hydrogen) atoms. The summed E-state index contributed by atoms with van der Waals surface area (Å²) >= 11 is 0. The Morgan fingerprint density at radius 2 is 1.31 bits per heavy atom. The highest BCUT2D eigenvalue weighted by molar-refractivity contribution is 8.13. The van der Waals surface area contributed by atoms with Gasteiger partial charge in [0.05, 0.1) is 6.10 Å². The van der Waals surface area contributed by atoms with Crippen LogP contribution in [0.5, 0.6) is 0 Å². The van der Waals surface area contributed by atoms with E-state index in [9.17, 15) is 8.42 Å². The monoisotopic (exact) mass is 412 g/mol. The van der Waals surface area contributed by atoms with Crippen molar-refractivity contribution in [1.29, 1.82) is 0 Å². The number of hydrogen-bond donors (Lipinski definition) is 0. The number of unbranched alkanes of at least 4 members (excludes halogenated alkanes) is 9. The molecule has 2 unspecified atom stereocenters. The van der Waals surface area contributed by atoms with E-state index in [2.05, 4.69) is 13.8 Å². The lowest BCUT2D eigenvalue weighted by Crippen LogP contribution is -2.30. The number of halogens is 1. The molecule has 6 heteroatoms. The molecule has 2 atom stereocenters. The fourth-order valence-electron chi connectivity index (χ4n) is 3.15. The van der Waals surface area contributed by atoms with Gasteiger partial charge >= 0.3 is 0 Å². The van der Waals surface area contributed by atoms with Gasteiger partial charge in [-0.3, -0.25) is 0 Å². The third-order valence-electron chi connectivity index (χ3n) is 4.52. The van der Waals surface area contributed by atoms with Gasteiger partial charge in [-0.15, -0.1) is 0 Å². The van der Waals surface area contributed by atoms with Crippen LogP contribution in [0.4, 0.5) is 0 Å². The molecule has 0 fully saturated rings. The molecule has 4 nitrogen and oxygen atoms in total. The van der Waals surface area contributed by atoms with Crippen LogP contribution >= 0.6 is 10.7 Å². The fraction of sp³-hybridized carbons (Fsp3) is 1.00. The van der Waals surface area contributed by atoms with Gasteiger partial charge in [0.15, 0.2) is 6.29 Å². The zero-order valence-electron chi connectivity index (χ0n) is 17.2. The maximum atomic E-state index is 11.3. The SMILES string of the molecule is CCCCCCCCCCCCC(CCC)OC(CS(=O)(=O)Cl)OCC. The van der Waals surface area contributed by atoms with E-state index in [0.29, 0.717) is 6.61 Å². The summed E-state index contributed by atoms with van der Waals surface area (Å²) in [6.45, 7) is 6.60. The lowest BCUT2D eigenvalue weighted by Gasteiger charge is -2.24. The molecule has 0 radical (unpaired) electrons. The molecule has 0 bridgehead atoms. The predicted octanol–water partition coefficient (Wildman–Crippen LogP) is 6.41. The minimum atomic E-state index is -3.63. The molecule has 0 spiro atoms. The molecule has 0 aromatic carbocycles. The molecule has 0 aromatic rings. The second kappa shape index (κ2) is 17.3. The standard InChI is InChI=1S/C20H41ClO4S/c1-4-7-8-9-10-11-12-13-14-15-17-19(16-5-2)25-20(24-6-3)18-26(21,22)23/h19-20H,4-18H2,1-3H3. The van der Waals surface area contributed by atoms with Crippen LogP contribution in [-0.4, -0.2) is 33.2 Å². The second-order valence-electron chi connectivity index (χ2n) is 7.11.